The maximum Gasteiger partial charge on any atom is 0.225 e. The van der Waals surface area contributed by atoms with E-state index in [1.165, 1.54) is 0 Å². The number of anilines is 1. The van der Waals surface area contributed by atoms with Crippen LogP contribution in [0.25, 0.3) is 6.08 Å². The summed E-state index contributed by atoms with van der Waals surface area (Å²) < 4.78 is 5.10. The van der Waals surface area contributed by atoms with Gasteiger partial charge in [-0.25, -0.2) is 4.98 Å². The fourth-order valence-corrected chi connectivity index (χ4v) is 1.20. The number of hydrogen-bond donors (Lipinski definition) is 2. The Hall–Kier alpha value is -1.04. The van der Waals surface area contributed by atoms with Crippen molar-refractivity contribution in [2.75, 3.05) is 12.8 Å². The summed E-state index contributed by atoms with van der Waals surface area (Å²) in [5.41, 5.74) is 12.1. The molecule has 0 saturated heterocycles. The lowest BCUT2D eigenvalue weighted by Gasteiger charge is -2.05. The van der Waals surface area contributed by atoms with Crippen LogP contribution in [0.2, 0.25) is 0 Å². The number of methoxy groups -OCH3 is 1. The summed E-state index contributed by atoms with van der Waals surface area (Å²) in [5.74, 6) is 0.688. The Morgan fingerprint density at radius 3 is 2.67 bits per heavy atom. The number of rotatable bonds is 5. The summed E-state index contributed by atoms with van der Waals surface area (Å²) in [6, 6.07) is 0.192. The monoisotopic (exact) mass is 294 g/mol. The van der Waals surface area contributed by atoms with Crippen molar-refractivity contribution in [3.05, 3.63) is 17.8 Å². The summed E-state index contributed by atoms with van der Waals surface area (Å²) >= 11 is 0. The molecule has 1 rings (SSSR count). The molecule has 0 fully saturated rings. The molecule has 1 aromatic rings. The van der Waals surface area contributed by atoms with Gasteiger partial charge in [-0.3, -0.25) is 0 Å². The molecular weight excluding hydrogens is 275 g/mol. The molecule has 4 N–H and O–H groups in total. The Morgan fingerprint density at radius 1 is 1.44 bits per heavy atom. The van der Waals surface area contributed by atoms with Crippen LogP contribution in [0.15, 0.2) is 12.3 Å². The second kappa shape index (κ2) is 9.94. The van der Waals surface area contributed by atoms with Crippen LogP contribution in [-0.4, -0.2) is 23.1 Å². The molecule has 0 spiro atoms. The number of ether oxygens (including phenoxy) is 1. The van der Waals surface area contributed by atoms with Crippen LogP contribution in [0.4, 0.5) is 5.95 Å². The van der Waals surface area contributed by atoms with Crippen LogP contribution in [0.5, 0.6) is 5.88 Å². The average molecular weight is 295 g/mol. The Balaban J connectivity index is 0. The van der Waals surface area contributed by atoms with Gasteiger partial charge >= 0.3 is 0 Å². The second-order valence-corrected chi connectivity index (χ2v) is 3.50. The number of nitrogens with two attached hydrogens (primary N) is 2. The first-order valence-corrected chi connectivity index (χ1v) is 5.26. The standard InChI is InChI=1S/C11H18N4O.2ClH/c1-3-9(12)6-4-5-8-7-14-11(13)15-10(8)16-2;;/h4-5,7,9H,3,6,12H2,1-2H3,(H2,13,14,15);2*1H/b5-4+;;/t9-;;/m0../s1. The molecule has 1 heterocycles. The molecule has 0 amide bonds. The Bertz CT molecular complexity index is 374. The molecule has 7 heteroatoms. The van der Waals surface area contributed by atoms with E-state index in [0.717, 1.165) is 18.4 Å². The van der Waals surface area contributed by atoms with Crippen molar-refractivity contribution in [1.82, 2.24) is 9.97 Å². The lowest BCUT2D eigenvalue weighted by molar-refractivity contribution is 0.396. The molecule has 0 aliphatic rings. The minimum absolute atomic E-state index is 0. The first-order valence-electron chi connectivity index (χ1n) is 5.26. The van der Waals surface area contributed by atoms with Crippen LogP contribution >= 0.6 is 24.8 Å². The third kappa shape index (κ3) is 6.05. The van der Waals surface area contributed by atoms with Crippen molar-refractivity contribution >= 4 is 36.8 Å². The predicted molar refractivity (Wildman–Crippen MR) is 79.4 cm³/mol. The predicted octanol–water partition coefficient (Wildman–Crippen LogP) is 2.05. The van der Waals surface area contributed by atoms with Crippen LogP contribution in [0.3, 0.4) is 0 Å². The molecular formula is C11H20Cl2N4O. The zero-order valence-corrected chi connectivity index (χ0v) is 12.1. The van der Waals surface area contributed by atoms with Gasteiger partial charge in [-0.05, 0) is 12.8 Å². The molecule has 0 aliphatic carbocycles. The molecule has 0 unspecified atom stereocenters. The highest BCUT2D eigenvalue weighted by Gasteiger charge is 2.02. The van der Waals surface area contributed by atoms with Gasteiger partial charge in [0.15, 0.2) is 0 Å². The van der Waals surface area contributed by atoms with E-state index in [4.69, 9.17) is 16.2 Å². The van der Waals surface area contributed by atoms with E-state index < -0.39 is 0 Å². The SMILES string of the molecule is CC[C@H](N)C/C=C/c1cnc(N)nc1OC.Cl.Cl. The van der Waals surface area contributed by atoms with Crippen LogP contribution < -0.4 is 16.2 Å². The quantitative estimate of drug-likeness (QED) is 0.868. The summed E-state index contributed by atoms with van der Waals surface area (Å²) in [6.07, 6.45) is 7.30. The maximum absolute atomic E-state index is 5.80. The summed E-state index contributed by atoms with van der Waals surface area (Å²) in [6.45, 7) is 2.06. The van der Waals surface area contributed by atoms with E-state index in [9.17, 15) is 0 Å². The number of hydrogen-bond acceptors (Lipinski definition) is 5. The molecule has 0 aromatic carbocycles. The highest BCUT2D eigenvalue weighted by Crippen LogP contribution is 2.16. The lowest BCUT2D eigenvalue weighted by atomic mass is 10.1. The van der Waals surface area contributed by atoms with Crippen molar-refractivity contribution in [3.8, 4) is 5.88 Å². The minimum atomic E-state index is 0. The van der Waals surface area contributed by atoms with Crippen LogP contribution in [0.1, 0.15) is 25.3 Å². The molecule has 0 saturated carbocycles. The Kier molecular flexibility index (Phi) is 10.7. The molecule has 104 valence electrons. The molecule has 18 heavy (non-hydrogen) atoms. The topological polar surface area (TPSA) is 87.0 Å². The van der Waals surface area contributed by atoms with E-state index in [0.29, 0.717) is 5.88 Å². The first kappa shape index (κ1) is 19.3. The van der Waals surface area contributed by atoms with Crippen molar-refractivity contribution in [2.45, 2.75) is 25.8 Å². The third-order valence-electron chi connectivity index (χ3n) is 2.25. The lowest BCUT2D eigenvalue weighted by Crippen LogP contribution is -2.16. The van der Waals surface area contributed by atoms with Crippen molar-refractivity contribution in [3.63, 3.8) is 0 Å². The fraction of sp³-hybridized carbons (Fsp3) is 0.455. The zero-order chi connectivity index (χ0) is 12.0. The summed E-state index contributed by atoms with van der Waals surface area (Å²) in [7, 11) is 1.55. The van der Waals surface area contributed by atoms with Gasteiger partial charge < -0.3 is 16.2 Å². The first-order chi connectivity index (χ1) is 7.67. The fourth-order valence-electron chi connectivity index (χ4n) is 1.20. The molecule has 0 aliphatic heterocycles. The van der Waals surface area contributed by atoms with E-state index in [-0.39, 0.29) is 36.8 Å². The van der Waals surface area contributed by atoms with Gasteiger partial charge in [-0.1, -0.05) is 19.1 Å². The Labute approximate surface area is 120 Å². The van der Waals surface area contributed by atoms with Gasteiger partial charge in [0.1, 0.15) is 0 Å². The molecule has 0 radical (unpaired) electrons. The number of nitrogen functional groups attached to an aromatic ring is 1. The Morgan fingerprint density at radius 2 is 2.11 bits per heavy atom. The summed E-state index contributed by atoms with van der Waals surface area (Å²) in [4.78, 5) is 7.88. The molecule has 5 nitrogen and oxygen atoms in total. The normalized spacial score (nSPS) is 11.5. The van der Waals surface area contributed by atoms with Gasteiger partial charge in [-0.2, -0.15) is 4.98 Å². The molecule has 1 atom stereocenters. The van der Waals surface area contributed by atoms with E-state index in [2.05, 4.69) is 16.9 Å². The second-order valence-electron chi connectivity index (χ2n) is 3.50. The highest BCUT2D eigenvalue weighted by atomic mass is 35.5. The minimum Gasteiger partial charge on any atom is -0.480 e. The smallest absolute Gasteiger partial charge is 0.225 e. The maximum atomic E-state index is 5.80. The largest absolute Gasteiger partial charge is 0.480 e. The average Bonchev–Trinajstić information content (AvgIpc) is 2.30. The number of aromatic nitrogens is 2. The van der Waals surface area contributed by atoms with E-state index in [1.54, 1.807) is 13.3 Å². The summed E-state index contributed by atoms with van der Waals surface area (Å²) in [5, 5.41) is 0. The number of halogens is 2. The highest BCUT2D eigenvalue weighted by molar-refractivity contribution is 5.85. The third-order valence-corrected chi connectivity index (χ3v) is 2.25. The van der Waals surface area contributed by atoms with Gasteiger partial charge in [0.25, 0.3) is 0 Å². The van der Waals surface area contributed by atoms with E-state index >= 15 is 0 Å². The molecule has 1 aromatic heterocycles. The van der Waals surface area contributed by atoms with Gasteiger partial charge in [0.05, 0.1) is 12.7 Å². The van der Waals surface area contributed by atoms with Crippen molar-refractivity contribution < 1.29 is 4.74 Å². The van der Waals surface area contributed by atoms with Gasteiger partial charge in [0, 0.05) is 12.2 Å². The zero-order valence-electron chi connectivity index (χ0n) is 10.5. The van der Waals surface area contributed by atoms with Gasteiger partial charge in [0.2, 0.25) is 11.8 Å². The van der Waals surface area contributed by atoms with Crippen LogP contribution in [-0.2, 0) is 0 Å². The van der Waals surface area contributed by atoms with Crippen LogP contribution in [0, 0.1) is 0 Å². The van der Waals surface area contributed by atoms with Crippen molar-refractivity contribution in [1.29, 1.82) is 0 Å². The van der Waals surface area contributed by atoms with Crippen molar-refractivity contribution in [2.24, 2.45) is 5.73 Å². The van der Waals surface area contributed by atoms with E-state index in [1.807, 2.05) is 12.2 Å². The number of nitrogens with zero attached hydrogens (tertiary/aromatic N) is 2. The molecule has 0 bridgehead atoms. The van der Waals surface area contributed by atoms with Gasteiger partial charge in [-0.15, -0.1) is 24.8 Å².